The monoisotopic (exact) mass is 293 g/mol. The Balaban J connectivity index is 2.17. The van der Waals surface area contributed by atoms with Gasteiger partial charge >= 0.3 is 5.97 Å². The molecule has 2 heterocycles. The van der Waals surface area contributed by atoms with Crippen molar-refractivity contribution in [2.24, 2.45) is 5.92 Å². The first-order chi connectivity index (χ1) is 9.52. The number of hydrogen-bond donors (Lipinski definition) is 1. The van der Waals surface area contributed by atoms with Crippen LogP contribution in [0, 0.1) is 11.7 Å². The summed E-state index contributed by atoms with van der Waals surface area (Å²) in [7, 11) is 0. The maximum atomic E-state index is 13.7. The SMILES string of the molecule is CSc1cc(F)cc2c1cc1n2CCC1C(C)C(=O)O. The van der Waals surface area contributed by atoms with E-state index in [9.17, 15) is 14.3 Å². The maximum absolute atomic E-state index is 13.7. The number of benzene rings is 1. The Morgan fingerprint density at radius 3 is 2.90 bits per heavy atom. The Labute approximate surface area is 120 Å². The maximum Gasteiger partial charge on any atom is 0.306 e. The molecular weight excluding hydrogens is 277 g/mol. The third kappa shape index (κ3) is 1.92. The molecule has 0 aliphatic carbocycles. The van der Waals surface area contributed by atoms with Gasteiger partial charge in [-0.15, -0.1) is 11.8 Å². The van der Waals surface area contributed by atoms with E-state index in [0.717, 1.165) is 34.5 Å². The van der Waals surface area contributed by atoms with Gasteiger partial charge in [0.25, 0.3) is 0 Å². The third-order valence-electron chi connectivity index (χ3n) is 4.24. The molecule has 0 fully saturated rings. The zero-order valence-corrected chi connectivity index (χ0v) is 12.2. The molecule has 0 saturated carbocycles. The summed E-state index contributed by atoms with van der Waals surface area (Å²) in [4.78, 5) is 12.1. The summed E-state index contributed by atoms with van der Waals surface area (Å²) in [6.45, 7) is 2.51. The highest BCUT2D eigenvalue weighted by molar-refractivity contribution is 7.98. The van der Waals surface area contributed by atoms with Crippen LogP contribution in [0.1, 0.15) is 25.0 Å². The summed E-state index contributed by atoms with van der Waals surface area (Å²) in [5.41, 5.74) is 1.90. The average molecular weight is 293 g/mol. The molecule has 3 nitrogen and oxygen atoms in total. The molecule has 1 aliphatic rings. The number of aliphatic carboxylic acids is 1. The van der Waals surface area contributed by atoms with E-state index in [0.29, 0.717) is 0 Å². The predicted octanol–water partition coefficient (Wildman–Crippen LogP) is 3.71. The van der Waals surface area contributed by atoms with Gasteiger partial charge in [0.2, 0.25) is 0 Å². The second kappa shape index (κ2) is 4.81. The van der Waals surface area contributed by atoms with Crippen molar-refractivity contribution in [1.82, 2.24) is 4.57 Å². The molecule has 5 heteroatoms. The van der Waals surface area contributed by atoms with Crippen LogP contribution in [-0.2, 0) is 11.3 Å². The standard InChI is InChI=1S/C15H16FNO2S/c1-8(15(18)19)10-3-4-17-12-5-9(16)6-14(20-2)11(12)7-13(10)17/h5-8,10H,3-4H2,1-2H3,(H,18,19). The number of rotatable bonds is 3. The van der Waals surface area contributed by atoms with E-state index in [1.165, 1.54) is 11.8 Å². The minimum absolute atomic E-state index is 0.0117. The summed E-state index contributed by atoms with van der Waals surface area (Å²) in [5.74, 6) is -1.41. The lowest BCUT2D eigenvalue weighted by Gasteiger charge is -2.13. The fourth-order valence-corrected chi connectivity index (χ4v) is 3.75. The van der Waals surface area contributed by atoms with Crippen molar-refractivity contribution in [3.05, 3.63) is 29.7 Å². The van der Waals surface area contributed by atoms with Crippen LogP contribution in [-0.4, -0.2) is 21.9 Å². The number of hydrogen-bond acceptors (Lipinski definition) is 2. The topological polar surface area (TPSA) is 42.2 Å². The number of carboxylic acid groups (broad SMARTS) is 1. The van der Waals surface area contributed by atoms with Crippen molar-refractivity contribution in [3.63, 3.8) is 0 Å². The lowest BCUT2D eigenvalue weighted by molar-refractivity contribution is -0.141. The van der Waals surface area contributed by atoms with Crippen molar-refractivity contribution in [1.29, 1.82) is 0 Å². The van der Waals surface area contributed by atoms with Crippen LogP contribution in [0.5, 0.6) is 0 Å². The summed E-state index contributed by atoms with van der Waals surface area (Å²) in [6.07, 6.45) is 2.73. The first-order valence-electron chi connectivity index (χ1n) is 6.62. The molecule has 2 atom stereocenters. The fourth-order valence-electron chi connectivity index (χ4n) is 3.13. The van der Waals surface area contributed by atoms with Crippen LogP contribution in [0.3, 0.4) is 0 Å². The molecule has 0 bridgehead atoms. The van der Waals surface area contributed by atoms with Crippen molar-refractivity contribution in [2.45, 2.75) is 30.7 Å². The summed E-state index contributed by atoms with van der Waals surface area (Å²) < 4.78 is 15.8. The first kappa shape index (κ1) is 13.5. The highest BCUT2D eigenvalue weighted by Gasteiger charge is 2.33. The first-order valence-corrected chi connectivity index (χ1v) is 7.85. The Hall–Kier alpha value is -1.49. The molecule has 20 heavy (non-hydrogen) atoms. The largest absolute Gasteiger partial charge is 0.481 e. The molecule has 106 valence electrons. The minimum Gasteiger partial charge on any atom is -0.481 e. The lowest BCUT2D eigenvalue weighted by Crippen LogP contribution is -2.17. The number of fused-ring (bicyclic) bond motifs is 3. The van der Waals surface area contributed by atoms with Crippen LogP contribution < -0.4 is 0 Å². The highest BCUT2D eigenvalue weighted by atomic mass is 32.2. The molecule has 3 rings (SSSR count). The molecule has 1 aromatic carbocycles. The summed E-state index contributed by atoms with van der Waals surface area (Å²) in [6, 6.07) is 5.13. The number of aryl methyl sites for hydroxylation is 1. The van der Waals surface area contributed by atoms with Crippen LogP contribution in [0.2, 0.25) is 0 Å². The van der Waals surface area contributed by atoms with Crippen molar-refractivity contribution >= 4 is 28.6 Å². The van der Waals surface area contributed by atoms with Gasteiger partial charge in [-0.1, -0.05) is 6.92 Å². The van der Waals surface area contributed by atoms with Crippen molar-refractivity contribution < 1.29 is 14.3 Å². The zero-order valence-electron chi connectivity index (χ0n) is 11.4. The van der Waals surface area contributed by atoms with Crippen molar-refractivity contribution in [2.75, 3.05) is 6.26 Å². The summed E-state index contributed by atoms with van der Waals surface area (Å²) >= 11 is 1.52. The average Bonchev–Trinajstić information content (AvgIpc) is 2.96. The van der Waals surface area contributed by atoms with Gasteiger partial charge in [0.1, 0.15) is 5.82 Å². The molecule has 1 N–H and O–H groups in total. The molecule has 2 aromatic rings. The van der Waals surface area contributed by atoms with Gasteiger partial charge in [-0.25, -0.2) is 4.39 Å². The van der Waals surface area contributed by atoms with Gasteiger partial charge in [-0.3, -0.25) is 4.79 Å². The Morgan fingerprint density at radius 1 is 1.50 bits per heavy atom. The van der Waals surface area contributed by atoms with Crippen LogP contribution in [0.15, 0.2) is 23.1 Å². The number of aromatic nitrogens is 1. The van der Waals surface area contributed by atoms with E-state index in [4.69, 9.17) is 0 Å². The Morgan fingerprint density at radius 2 is 2.25 bits per heavy atom. The van der Waals surface area contributed by atoms with Crippen molar-refractivity contribution in [3.8, 4) is 0 Å². The van der Waals surface area contributed by atoms with E-state index < -0.39 is 11.9 Å². The lowest BCUT2D eigenvalue weighted by atomic mass is 9.90. The smallest absolute Gasteiger partial charge is 0.306 e. The molecule has 0 spiro atoms. The number of carbonyl (C=O) groups is 1. The number of thioether (sulfide) groups is 1. The van der Waals surface area contributed by atoms with Gasteiger partial charge in [-0.2, -0.15) is 0 Å². The molecule has 0 radical (unpaired) electrons. The third-order valence-corrected chi connectivity index (χ3v) is 5.01. The molecule has 0 amide bonds. The van der Waals surface area contributed by atoms with E-state index >= 15 is 0 Å². The normalized spacial score (nSPS) is 19.2. The summed E-state index contributed by atoms with van der Waals surface area (Å²) in [5, 5.41) is 10.2. The number of nitrogens with zero attached hydrogens (tertiary/aromatic N) is 1. The van der Waals surface area contributed by atoms with E-state index in [2.05, 4.69) is 4.57 Å². The molecule has 1 aromatic heterocycles. The predicted molar refractivity (Wildman–Crippen MR) is 77.8 cm³/mol. The Bertz CT molecular complexity index is 695. The molecule has 0 saturated heterocycles. The second-order valence-corrected chi connectivity index (χ2v) is 6.13. The Kier molecular flexibility index (Phi) is 3.24. The van der Waals surface area contributed by atoms with E-state index in [1.54, 1.807) is 19.1 Å². The van der Waals surface area contributed by atoms with Gasteiger partial charge in [0.15, 0.2) is 0 Å². The van der Waals surface area contributed by atoms with Gasteiger partial charge in [-0.05, 0) is 30.9 Å². The van der Waals surface area contributed by atoms with E-state index in [-0.39, 0.29) is 11.7 Å². The zero-order chi connectivity index (χ0) is 14.4. The van der Waals surface area contributed by atoms with E-state index in [1.807, 2.05) is 12.3 Å². The molecule has 1 aliphatic heterocycles. The second-order valence-electron chi connectivity index (χ2n) is 5.28. The van der Waals surface area contributed by atoms with Gasteiger partial charge < -0.3 is 9.67 Å². The van der Waals surface area contributed by atoms with Crippen LogP contribution >= 0.6 is 11.8 Å². The fraction of sp³-hybridized carbons (Fsp3) is 0.400. The molecular formula is C15H16FNO2S. The van der Waals surface area contributed by atoms with Gasteiger partial charge in [0.05, 0.1) is 11.4 Å². The highest BCUT2D eigenvalue weighted by Crippen LogP contribution is 2.41. The number of carboxylic acids is 1. The van der Waals surface area contributed by atoms with Crippen LogP contribution in [0.25, 0.3) is 10.9 Å². The van der Waals surface area contributed by atoms with Crippen LogP contribution in [0.4, 0.5) is 4.39 Å². The molecule has 2 unspecified atom stereocenters. The number of halogens is 1. The quantitative estimate of drug-likeness (QED) is 0.877. The minimum atomic E-state index is -0.773. The van der Waals surface area contributed by atoms with Gasteiger partial charge in [0, 0.05) is 28.4 Å².